The summed E-state index contributed by atoms with van der Waals surface area (Å²) in [6.07, 6.45) is 1.40. The number of aromatic nitrogens is 2. The summed E-state index contributed by atoms with van der Waals surface area (Å²) in [5.41, 5.74) is 3.11. The zero-order chi connectivity index (χ0) is 24.8. The molecule has 0 aliphatic rings. The number of hydrogen-bond donors (Lipinski definition) is 1. The first-order valence-electron chi connectivity index (χ1n) is 11.2. The van der Waals surface area contributed by atoms with Gasteiger partial charge in [0.05, 0.1) is 23.5 Å². The highest BCUT2D eigenvalue weighted by Gasteiger charge is 2.21. The van der Waals surface area contributed by atoms with Gasteiger partial charge in [0, 0.05) is 23.9 Å². The van der Waals surface area contributed by atoms with E-state index in [1.54, 1.807) is 36.1 Å². The molecular weight excluding hydrogens is 469 g/mol. The molecule has 0 radical (unpaired) electrons. The van der Waals surface area contributed by atoms with Crippen molar-refractivity contribution in [3.63, 3.8) is 0 Å². The number of carbonyl (C=O) groups excluding carboxylic acids is 1. The number of carbonyl (C=O) groups is 1. The van der Waals surface area contributed by atoms with Crippen molar-refractivity contribution in [1.29, 1.82) is 0 Å². The minimum Gasteiger partial charge on any atom is -0.495 e. The number of nitrogens with one attached hydrogen (secondary N) is 1. The van der Waals surface area contributed by atoms with Crippen molar-refractivity contribution in [2.45, 2.75) is 26.0 Å². The first-order valence-corrected chi connectivity index (χ1v) is 11.5. The van der Waals surface area contributed by atoms with Crippen molar-refractivity contribution in [3.05, 3.63) is 95.4 Å². The topological polar surface area (TPSA) is 65.4 Å². The molecule has 0 saturated carbocycles. The third kappa shape index (κ3) is 5.63. The first kappa shape index (κ1) is 24.3. The third-order valence-corrected chi connectivity index (χ3v) is 5.75. The van der Waals surface area contributed by atoms with Crippen LogP contribution in [0.1, 0.15) is 18.9 Å². The second-order valence-corrected chi connectivity index (χ2v) is 8.20. The summed E-state index contributed by atoms with van der Waals surface area (Å²) in [6.45, 7) is 2.01. The van der Waals surface area contributed by atoms with Crippen molar-refractivity contribution < 1.29 is 18.7 Å². The predicted octanol–water partition coefficient (Wildman–Crippen LogP) is 5.81. The SMILES string of the molecule is CCC(Oc1ccccc1F)C(=O)NCc1cn(-c2ccccc2)nc1-c1ccc(OC)c(Cl)c1. The number of rotatable bonds is 9. The van der Waals surface area contributed by atoms with E-state index in [-0.39, 0.29) is 18.2 Å². The number of amides is 1. The molecule has 1 unspecified atom stereocenters. The van der Waals surface area contributed by atoms with Crippen LogP contribution in [0.25, 0.3) is 16.9 Å². The van der Waals surface area contributed by atoms with E-state index in [9.17, 15) is 9.18 Å². The second kappa shape index (κ2) is 11.1. The molecule has 0 saturated heterocycles. The van der Waals surface area contributed by atoms with E-state index in [1.165, 1.54) is 12.1 Å². The number of halogens is 2. The smallest absolute Gasteiger partial charge is 0.261 e. The molecule has 0 fully saturated rings. The Labute approximate surface area is 208 Å². The van der Waals surface area contributed by atoms with Gasteiger partial charge < -0.3 is 14.8 Å². The fourth-order valence-corrected chi connectivity index (χ4v) is 3.88. The summed E-state index contributed by atoms with van der Waals surface area (Å²) in [5.74, 6) is -0.257. The molecule has 1 amide bonds. The van der Waals surface area contributed by atoms with Gasteiger partial charge in [-0.05, 0) is 48.9 Å². The molecular formula is C27H25ClFN3O3. The predicted molar refractivity (Wildman–Crippen MR) is 134 cm³/mol. The Hall–Kier alpha value is -3.84. The Kier molecular flexibility index (Phi) is 7.67. The summed E-state index contributed by atoms with van der Waals surface area (Å²) in [7, 11) is 1.56. The van der Waals surface area contributed by atoms with Gasteiger partial charge >= 0.3 is 0 Å². The molecule has 6 nitrogen and oxygen atoms in total. The lowest BCUT2D eigenvalue weighted by atomic mass is 10.1. The van der Waals surface area contributed by atoms with Crippen LogP contribution in [0.3, 0.4) is 0 Å². The number of methoxy groups -OCH3 is 1. The number of benzene rings is 3. The maximum atomic E-state index is 14.0. The van der Waals surface area contributed by atoms with E-state index in [0.717, 1.165) is 16.8 Å². The summed E-state index contributed by atoms with van der Waals surface area (Å²) < 4.78 is 26.7. The van der Waals surface area contributed by atoms with Crippen LogP contribution in [-0.2, 0) is 11.3 Å². The average molecular weight is 494 g/mol. The minimum absolute atomic E-state index is 0.0416. The van der Waals surface area contributed by atoms with Gasteiger partial charge in [0.15, 0.2) is 17.7 Å². The van der Waals surface area contributed by atoms with Crippen LogP contribution in [0.2, 0.25) is 5.02 Å². The molecule has 1 atom stereocenters. The molecule has 1 aromatic heterocycles. The number of hydrogen-bond acceptors (Lipinski definition) is 4. The molecule has 0 aliphatic carbocycles. The largest absolute Gasteiger partial charge is 0.495 e. The molecule has 4 aromatic rings. The van der Waals surface area contributed by atoms with Crippen molar-refractivity contribution in [1.82, 2.24) is 15.1 Å². The normalized spacial score (nSPS) is 11.7. The van der Waals surface area contributed by atoms with Crippen molar-refractivity contribution in [2.75, 3.05) is 7.11 Å². The molecule has 4 rings (SSSR count). The lowest BCUT2D eigenvalue weighted by molar-refractivity contribution is -0.128. The van der Waals surface area contributed by atoms with E-state index in [2.05, 4.69) is 5.32 Å². The number of nitrogens with zero attached hydrogens (tertiary/aromatic N) is 2. The minimum atomic E-state index is -0.838. The Morgan fingerprint density at radius 2 is 1.83 bits per heavy atom. The van der Waals surface area contributed by atoms with Crippen LogP contribution >= 0.6 is 11.6 Å². The molecule has 0 aliphatic heterocycles. The van der Waals surface area contributed by atoms with Gasteiger partial charge in [-0.25, -0.2) is 9.07 Å². The lowest BCUT2D eigenvalue weighted by Gasteiger charge is -2.17. The van der Waals surface area contributed by atoms with Crippen LogP contribution in [-0.4, -0.2) is 28.9 Å². The van der Waals surface area contributed by atoms with Crippen molar-refractivity contribution in [2.24, 2.45) is 0 Å². The van der Waals surface area contributed by atoms with Gasteiger partial charge in [0.25, 0.3) is 5.91 Å². The summed E-state index contributed by atoms with van der Waals surface area (Å²) in [5, 5.41) is 8.12. The van der Waals surface area contributed by atoms with Crippen LogP contribution in [0.5, 0.6) is 11.5 Å². The van der Waals surface area contributed by atoms with Gasteiger partial charge in [0.2, 0.25) is 0 Å². The monoisotopic (exact) mass is 493 g/mol. The Balaban J connectivity index is 1.59. The highest BCUT2D eigenvalue weighted by atomic mass is 35.5. The lowest BCUT2D eigenvalue weighted by Crippen LogP contribution is -2.37. The number of ether oxygens (including phenoxy) is 2. The van der Waals surface area contributed by atoms with E-state index in [1.807, 2.05) is 49.5 Å². The van der Waals surface area contributed by atoms with Gasteiger partial charge in [0.1, 0.15) is 5.75 Å². The number of para-hydroxylation sites is 2. The molecule has 1 heterocycles. The highest BCUT2D eigenvalue weighted by molar-refractivity contribution is 6.32. The van der Waals surface area contributed by atoms with E-state index >= 15 is 0 Å². The van der Waals surface area contributed by atoms with Gasteiger partial charge in [-0.1, -0.05) is 48.9 Å². The standard InChI is InChI=1S/C27H25ClFN3O3/c1-3-23(35-25-12-8-7-11-22(25)29)27(33)30-16-19-17-32(20-9-5-4-6-10-20)31-26(19)18-13-14-24(34-2)21(28)15-18/h4-15,17,23H,3,16H2,1-2H3,(H,30,33). The Morgan fingerprint density at radius 3 is 2.51 bits per heavy atom. The van der Waals surface area contributed by atoms with Gasteiger partial charge in [-0.2, -0.15) is 5.10 Å². The third-order valence-electron chi connectivity index (χ3n) is 5.46. The zero-order valence-corrected chi connectivity index (χ0v) is 20.1. The summed E-state index contributed by atoms with van der Waals surface area (Å²) in [6, 6.07) is 21.1. The second-order valence-electron chi connectivity index (χ2n) is 7.80. The van der Waals surface area contributed by atoms with E-state index < -0.39 is 11.9 Å². The summed E-state index contributed by atoms with van der Waals surface area (Å²) >= 11 is 6.36. The van der Waals surface area contributed by atoms with Crippen molar-refractivity contribution in [3.8, 4) is 28.4 Å². The fraction of sp³-hybridized carbons (Fsp3) is 0.185. The van der Waals surface area contributed by atoms with E-state index in [4.69, 9.17) is 26.2 Å². The molecule has 35 heavy (non-hydrogen) atoms. The van der Waals surface area contributed by atoms with Crippen molar-refractivity contribution >= 4 is 17.5 Å². The van der Waals surface area contributed by atoms with Crippen LogP contribution in [0, 0.1) is 5.82 Å². The summed E-state index contributed by atoms with van der Waals surface area (Å²) in [4.78, 5) is 12.9. The fourth-order valence-electron chi connectivity index (χ4n) is 3.62. The first-order chi connectivity index (χ1) is 17.0. The quantitative estimate of drug-likeness (QED) is 0.319. The molecule has 8 heteroatoms. The Bertz CT molecular complexity index is 1310. The van der Waals surface area contributed by atoms with Crippen LogP contribution in [0.15, 0.2) is 79.0 Å². The van der Waals surface area contributed by atoms with Gasteiger partial charge in [-0.15, -0.1) is 0 Å². The molecule has 0 bridgehead atoms. The van der Waals surface area contributed by atoms with Gasteiger partial charge in [-0.3, -0.25) is 4.79 Å². The Morgan fingerprint density at radius 1 is 1.09 bits per heavy atom. The molecule has 3 aromatic carbocycles. The van der Waals surface area contributed by atoms with E-state index in [0.29, 0.717) is 22.9 Å². The molecule has 180 valence electrons. The van der Waals surface area contributed by atoms with Crippen LogP contribution in [0.4, 0.5) is 4.39 Å². The highest BCUT2D eigenvalue weighted by Crippen LogP contribution is 2.31. The van der Waals surface area contributed by atoms with Crippen LogP contribution < -0.4 is 14.8 Å². The zero-order valence-electron chi connectivity index (χ0n) is 19.4. The maximum Gasteiger partial charge on any atom is 0.261 e. The average Bonchev–Trinajstić information content (AvgIpc) is 3.31. The molecule has 0 spiro atoms. The maximum absolute atomic E-state index is 14.0. The molecule has 1 N–H and O–H groups in total.